The topological polar surface area (TPSA) is 15.3 Å². The average Bonchev–Trinajstić information content (AvgIpc) is 3.22. The van der Waals surface area contributed by atoms with Crippen molar-refractivity contribution in [1.29, 1.82) is 0 Å². The molecule has 1 N–H and O–H groups in total. The molecule has 2 heterocycles. The van der Waals surface area contributed by atoms with E-state index in [2.05, 4.69) is 89.1 Å². The van der Waals surface area contributed by atoms with Crippen LogP contribution in [0.1, 0.15) is 54.4 Å². The first-order valence-electron chi connectivity index (χ1n) is 12.7. The van der Waals surface area contributed by atoms with Crippen molar-refractivity contribution in [3.05, 3.63) is 101 Å². The molecule has 0 amide bonds. The van der Waals surface area contributed by atoms with Gasteiger partial charge >= 0.3 is 0 Å². The zero-order valence-corrected chi connectivity index (χ0v) is 19.5. The van der Waals surface area contributed by atoms with Crippen molar-refractivity contribution in [2.24, 2.45) is 5.41 Å². The third-order valence-corrected chi connectivity index (χ3v) is 8.10. The molecule has 3 aromatic rings. The first-order valence-corrected chi connectivity index (χ1v) is 12.7. The number of anilines is 1. The number of rotatable bonds is 3. The smallest absolute Gasteiger partial charge is 0.0366 e. The number of allylic oxidation sites excluding steroid dienone is 1. The van der Waals surface area contributed by atoms with Gasteiger partial charge in [-0.05, 0) is 90.6 Å². The van der Waals surface area contributed by atoms with Gasteiger partial charge in [0.05, 0.1) is 0 Å². The average molecular weight is 435 g/mol. The fraction of sp³-hybridized carbons (Fsp3) is 0.355. The van der Waals surface area contributed by atoms with Crippen LogP contribution in [0.3, 0.4) is 0 Å². The van der Waals surface area contributed by atoms with E-state index in [0.29, 0.717) is 5.41 Å². The lowest BCUT2D eigenvalue weighted by atomic mass is 9.79. The van der Waals surface area contributed by atoms with E-state index in [0.717, 1.165) is 12.8 Å². The predicted octanol–water partition coefficient (Wildman–Crippen LogP) is 6.56. The molecule has 6 rings (SSSR count). The summed E-state index contributed by atoms with van der Waals surface area (Å²) in [6.45, 7) is 4.75. The molecule has 1 spiro atoms. The quantitative estimate of drug-likeness (QED) is 0.502. The highest BCUT2D eigenvalue weighted by Crippen LogP contribution is 2.41. The van der Waals surface area contributed by atoms with Crippen LogP contribution in [-0.2, 0) is 6.42 Å². The van der Waals surface area contributed by atoms with E-state index in [1.807, 2.05) is 0 Å². The highest BCUT2D eigenvalue weighted by Gasteiger charge is 2.38. The lowest BCUT2D eigenvalue weighted by Gasteiger charge is -2.41. The molecule has 3 aromatic carbocycles. The van der Waals surface area contributed by atoms with E-state index in [1.165, 1.54) is 90.9 Å². The second kappa shape index (κ2) is 8.83. The number of hydrogen-bond acceptors (Lipinski definition) is 2. The molecule has 0 saturated carbocycles. The Morgan fingerprint density at radius 3 is 2.36 bits per heavy atom. The van der Waals surface area contributed by atoms with Crippen LogP contribution in [0.2, 0.25) is 0 Å². The van der Waals surface area contributed by atoms with E-state index in [1.54, 1.807) is 0 Å². The number of nitrogens with one attached hydrogen (secondary N) is 1. The molecule has 168 valence electrons. The Labute approximate surface area is 198 Å². The van der Waals surface area contributed by atoms with Crippen molar-refractivity contribution in [1.82, 2.24) is 5.32 Å². The molecular weight excluding hydrogens is 400 g/mol. The van der Waals surface area contributed by atoms with E-state index in [-0.39, 0.29) is 0 Å². The molecule has 1 atom stereocenters. The van der Waals surface area contributed by atoms with Gasteiger partial charge in [-0.25, -0.2) is 0 Å². The third kappa shape index (κ3) is 4.02. The van der Waals surface area contributed by atoms with Crippen molar-refractivity contribution in [2.75, 3.05) is 31.1 Å². The van der Waals surface area contributed by atoms with Crippen molar-refractivity contribution in [3.63, 3.8) is 0 Å². The number of hydrogen-bond donors (Lipinski definition) is 1. The van der Waals surface area contributed by atoms with Crippen LogP contribution >= 0.6 is 0 Å². The molecule has 1 aliphatic carbocycles. The molecule has 0 bridgehead atoms. The molecule has 2 heteroatoms. The maximum absolute atomic E-state index is 3.61. The monoisotopic (exact) mass is 434 g/mol. The minimum absolute atomic E-state index is 0.486. The predicted molar refractivity (Wildman–Crippen MR) is 140 cm³/mol. The molecule has 0 aromatic heterocycles. The first kappa shape index (κ1) is 20.7. The van der Waals surface area contributed by atoms with Crippen LogP contribution < -0.4 is 10.2 Å². The van der Waals surface area contributed by atoms with Crippen LogP contribution in [0.15, 0.2) is 78.9 Å². The molecule has 2 saturated heterocycles. The zero-order valence-electron chi connectivity index (χ0n) is 19.5. The number of aryl methyl sites for hydroxylation is 1. The fourth-order valence-electron chi connectivity index (χ4n) is 6.39. The Morgan fingerprint density at radius 2 is 1.55 bits per heavy atom. The van der Waals surface area contributed by atoms with E-state index in [4.69, 9.17) is 0 Å². The lowest BCUT2D eigenvalue weighted by molar-refractivity contribution is 0.261. The van der Waals surface area contributed by atoms with Crippen LogP contribution in [0.4, 0.5) is 5.69 Å². The Kier molecular flexibility index (Phi) is 5.55. The fourth-order valence-corrected chi connectivity index (χ4v) is 6.39. The van der Waals surface area contributed by atoms with Gasteiger partial charge in [-0.2, -0.15) is 0 Å². The van der Waals surface area contributed by atoms with Crippen LogP contribution in [0.25, 0.3) is 11.1 Å². The second-order valence-corrected chi connectivity index (χ2v) is 10.2. The molecule has 1 unspecified atom stereocenters. The normalized spacial score (nSPS) is 23.0. The second-order valence-electron chi connectivity index (χ2n) is 10.2. The van der Waals surface area contributed by atoms with E-state index >= 15 is 0 Å². The van der Waals surface area contributed by atoms with E-state index < -0.39 is 0 Å². The molecular formula is C31H34N2. The Balaban J connectivity index is 1.39. The van der Waals surface area contributed by atoms with E-state index in [9.17, 15) is 0 Å². The van der Waals surface area contributed by atoms with Gasteiger partial charge in [0, 0.05) is 30.7 Å². The van der Waals surface area contributed by atoms with Crippen LogP contribution in [-0.4, -0.2) is 26.2 Å². The zero-order chi connectivity index (χ0) is 22.1. The minimum atomic E-state index is 0.486. The van der Waals surface area contributed by atoms with Crippen LogP contribution in [0.5, 0.6) is 0 Å². The number of nitrogens with zero attached hydrogens (tertiary/aromatic N) is 1. The molecule has 3 aliphatic rings. The summed E-state index contributed by atoms with van der Waals surface area (Å²) in [5, 5.41) is 3.61. The maximum atomic E-state index is 3.61. The Morgan fingerprint density at radius 1 is 0.727 bits per heavy atom. The van der Waals surface area contributed by atoms with Crippen molar-refractivity contribution in [3.8, 4) is 0 Å². The first-order chi connectivity index (χ1) is 16.3. The lowest BCUT2D eigenvalue weighted by Crippen LogP contribution is -2.44. The summed E-state index contributed by atoms with van der Waals surface area (Å²) in [4.78, 5) is 2.63. The maximum Gasteiger partial charge on any atom is 0.0366 e. The van der Waals surface area contributed by atoms with Gasteiger partial charge in [-0.15, -0.1) is 0 Å². The summed E-state index contributed by atoms with van der Waals surface area (Å²) in [7, 11) is 0. The summed E-state index contributed by atoms with van der Waals surface area (Å²) in [6.07, 6.45) is 7.48. The summed E-state index contributed by atoms with van der Waals surface area (Å²) in [6, 6.07) is 29.6. The molecule has 2 fully saturated rings. The van der Waals surface area contributed by atoms with Crippen LogP contribution in [0, 0.1) is 5.41 Å². The van der Waals surface area contributed by atoms with Crippen molar-refractivity contribution < 1.29 is 0 Å². The highest BCUT2D eigenvalue weighted by atomic mass is 15.2. The van der Waals surface area contributed by atoms with Gasteiger partial charge in [0.15, 0.2) is 0 Å². The summed E-state index contributed by atoms with van der Waals surface area (Å²) in [5.74, 6) is 0. The van der Waals surface area contributed by atoms with Gasteiger partial charge in [0.25, 0.3) is 0 Å². The molecule has 2 aliphatic heterocycles. The standard InChI is InChI=1S/C31H34N2/c1-2-8-24(9-3-1)29-13-6-11-25-10-4-5-12-28(25)30(29)26-14-16-27(17-15-26)33-21-7-18-31(23-33)19-20-32-22-31/h1-5,8-10,12,14-17,32H,6-7,11,13,18-23H2. The minimum Gasteiger partial charge on any atom is -0.371 e. The Bertz CT molecular complexity index is 1140. The highest BCUT2D eigenvalue weighted by molar-refractivity contribution is 6.00. The van der Waals surface area contributed by atoms with Crippen molar-refractivity contribution in [2.45, 2.75) is 38.5 Å². The van der Waals surface area contributed by atoms with Gasteiger partial charge in [-0.3, -0.25) is 0 Å². The van der Waals surface area contributed by atoms with Gasteiger partial charge in [-0.1, -0.05) is 66.7 Å². The SMILES string of the molecule is c1ccc(C2=C(c3ccc(N4CCCC5(CCNC5)C4)cc3)c3ccccc3CCC2)cc1. The molecule has 0 radical (unpaired) electrons. The summed E-state index contributed by atoms with van der Waals surface area (Å²) >= 11 is 0. The van der Waals surface area contributed by atoms with Gasteiger partial charge < -0.3 is 10.2 Å². The molecule has 2 nitrogen and oxygen atoms in total. The number of piperidine rings is 1. The number of fused-ring (bicyclic) bond motifs is 1. The van der Waals surface area contributed by atoms with Crippen molar-refractivity contribution >= 4 is 16.8 Å². The summed E-state index contributed by atoms with van der Waals surface area (Å²) in [5.41, 5.74) is 10.4. The Hall–Kier alpha value is -2.84. The number of benzene rings is 3. The largest absolute Gasteiger partial charge is 0.371 e. The summed E-state index contributed by atoms with van der Waals surface area (Å²) < 4.78 is 0. The third-order valence-electron chi connectivity index (χ3n) is 8.10. The van der Waals surface area contributed by atoms with Gasteiger partial charge in [0.1, 0.15) is 0 Å². The van der Waals surface area contributed by atoms with Gasteiger partial charge in [0.2, 0.25) is 0 Å². The molecule has 33 heavy (non-hydrogen) atoms.